The number of para-hydroxylation sites is 1. The number of carbonyl (C=O) groups is 2. The number of hydrogen-bond acceptors (Lipinski definition) is 6. The number of nitrogens with zero attached hydrogens (tertiary/aromatic N) is 2. The number of nitrogens with one attached hydrogen (secondary N) is 1. The summed E-state index contributed by atoms with van der Waals surface area (Å²) >= 11 is 1.10. The number of imide groups is 1. The van der Waals surface area contributed by atoms with Crippen molar-refractivity contribution in [2.24, 2.45) is 0 Å². The van der Waals surface area contributed by atoms with Crippen LogP contribution in [0.15, 0.2) is 58.5 Å². The summed E-state index contributed by atoms with van der Waals surface area (Å²) in [5.41, 5.74) is 0.557. The van der Waals surface area contributed by atoms with E-state index in [1.54, 1.807) is 28.8 Å². The number of thioether (sulfide) groups is 1. The minimum atomic E-state index is -2.96. The second-order valence-corrected chi connectivity index (χ2v) is 8.54. The van der Waals surface area contributed by atoms with Crippen LogP contribution in [0.5, 0.6) is 5.75 Å². The molecule has 33 heavy (non-hydrogen) atoms. The smallest absolute Gasteiger partial charge is 0.387 e. The zero-order valence-electron chi connectivity index (χ0n) is 17.5. The van der Waals surface area contributed by atoms with E-state index in [1.807, 2.05) is 0 Å². The van der Waals surface area contributed by atoms with E-state index < -0.39 is 18.4 Å². The summed E-state index contributed by atoms with van der Waals surface area (Å²) in [4.78, 5) is 42.5. The summed E-state index contributed by atoms with van der Waals surface area (Å²) < 4.78 is 30.4. The van der Waals surface area contributed by atoms with Gasteiger partial charge in [0.15, 0.2) is 5.16 Å². The molecule has 1 aliphatic rings. The summed E-state index contributed by atoms with van der Waals surface area (Å²) in [6.45, 7) is -2.96. The topological polar surface area (TPSA) is 90.3 Å². The minimum Gasteiger partial charge on any atom is -0.435 e. The van der Waals surface area contributed by atoms with E-state index in [1.165, 1.54) is 24.3 Å². The number of rotatable bonds is 7. The van der Waals surface area contributed by atoms with Crippen molar-refractivity contribution >= 4 is 34.5 Å². The van der Waals surface area contributed by atoms with Gasteiger partial charge in [0.1, 0.15) is 5.75 Å². The molecule has 0 spiro atoms. The average molecular weight is 474 g/mol. The largest absolute Gasteiger partial charge is 0.435 e. The Morgan fingerprint density at radius 3 is 2.52 bits per heavy atom. The Balaban J connectivity index is 1.46. The van der Waals surface area contributed by atoms with Crippen LogP contribution in [0.4, 0.5) is 8.78 Å². The molecule has 0 unspecified atom stereocenters. The number of amides is 2. The predicted molar refractivity (Wildman–Crippen MR) is 120 cm³/mol. The number of carbonyl (C=O) groups excluding carboxylic acids is 2. The molecule has 2 aromatic carbocycles. The molecule has 0 radical (unpaired) electrons. The third-order valence-electron chi connectivity index (χ3n) is 5.39. The van der Waals surface area contributed by atoms with Crippen LogP contribution < -0.4 is 15.6 Å². The van der Waals surface area contributed by atoms with E-state index in [-0.39, 0.29) is 28.7 Å². The van der Waals surface area contributed by atoms with Crippen LogP contribution in [0.25, 0.3) is 10.9 Å². The lowest BCUT2D eigenvalue weighted by Gasteiger charge is -2.18. The lowest BCUT2D eigenvalue weighted by atomic mass is 10.2. The van der Waals surface area contributed by atoms with Crippen LogP contribution in [0.2, 0.25) is 0 Å². The SMILES string of the molecule is O=C(CSc1nc2ccccc2c(=O)n1C1CCCC1)NC(=O)c1ccc(OC(F)F)cc1. The summed E-state index contributed by atoms with van der Waals surface area (Å²) in [5, 5.41) is 3.25. The molecule has 1 aromatic heterocycles. The normalized spacial score (nSPS) is 14.0. The Labute approximate surface area is 192 Å². The van der Waals surface area contributed by atoms with Gasteiger partial charge in [0.05, 0.1) is 16.7 Å². The van der Waals surface area contributed by atoms with E-state index in [0.717, 1.165) is 37.4 Å². The van der Waals surface area contributed by atoms with Crippen molar-refractivity contribution in [2.75, 3.05) is 5.75 Å². The molecule has 1 fully saturated rings. The molecule has 1 aliphatic carbocycles. The van der Waals surface area contributed by atoms with Gasteiger partial charge in [0.2, 0.25) is 5.91 Å². The highest BCUT2D eigenvalue weighted by atomic mass is 32.2. The summed E-state index contributed by atoms with van der Waals surface area (Å²) in [5.74, 6) is -1.42. The lowest BCUT2D eigenvalue weighted by molar-refractivity contribution is -0.117. The van der Waals surface area contributed by atoms with Gasteiger partial charge in [-0.05, 0) is 49.2 Å². The highest BCUT2D eigenvalue weighted by Gasteiger charge is 2.23. The van der Waals surface area contributed by atoms with E-state index in [0.29, 0.717) is 16.1 Å². The third-order valence-corrected chi connectivity index (χ3v) is 6.34. The lowest BCUT2D eigenvalue weighted by Crippen LogP contribution is -2.32. The first-order valence-corrected chi connectivity index (χ1v) is 11.4. The molecule has 0 atom stereocenters. The molecule has 10 heteroatoms. The number of ether oxygens (including phenoxy) is 1. The standard InChI is InChI=1S/C23H21F2N3O4S/c24-22(25)32-16-11-9-14(10-12-16)20(30)27-19(29)13-33-23-26-18-8-4-3-7-17(18)21(31)28(23)15-5-1-2-6-15/h3-4,7-12,15,22H,1-2,5-6,13H2,(H,27,29,30). The monoisotopic (exact) mass is 473 g/mol. The van der Waals surface area contributed by atoms with Crippen molar-refractivity contribution in [1.29, 1.82) is 0 Å². The number of halogens is 2. The first-order valence-electron chi connectivity index (χ1n) is 10.5. The Morgan fingerprint density at radius 1 is 1.12 bits per heavy atom. The van der Waals surface area contributed by atoms with E-state index in [2.05, 4.69) is 15.0 Å². The Morgan fingerprint density at radius 2 is 1.82 bits per heavy atom. The summed E-state index contributed by atoms with van der Waals surface area (Å²) in [6.07, 6.45) is 3.82. The van der Waals surface area contributed by atoms with Crippen LogP contribution in [0.3, 0.4) is 0 Å². The predicted octanol–water partition coefficient (Wildman–Crippen LogP) is 4.16. The number of aromatic nitrogens is 2. The molecule has 2 amide bonds. The number of benzene rings is 2. The van der Waals surface area contributed by atoms with Gasteiger partial charge in [-0.2, -0.15) is 8.78 Å². The van der Waals surface area contributed by atoms with Crippen molar-refractivity contribution in [2.45, 2.75) is 43.5 Å². The quantitative estimate of drug-likeness (QED) is 0.409. The van der Waals surface area contributed by atoms with Crippen LogP contribution in [0.1, 0.15) is 42.1 Å². The second-order valence-electron chi connectivity index (χ2n) is 7.59. The van der Waals surface area contributed by atoms with Crippen LogP contribution in [-0.2, 0) is 4.79 Å². The van der Waals surface area contributed by atoms with Crippen molar-refractivity contribution in [1.82, 2.24) is 14.9 Å². The molecule has 1 heterocycles. The van der Waals surface area contributed by atoms with Gasteiger partial charge < -0.3 is 4.74 Å². The van der Waals surface area contributed by atoms with Gasteiger partial charge in [0, 0.05) is 11.6 Å². The Bertz CT molecular complexity index is 1220. The highest BCUT2D eigenvalue weighted by molar-refractivity contribution is 7.99. The third kappa shape index (κ3) is 5.39. The molecule has 172 valence electrons. The van der Waals surface area contributed by atoms with Crippen molar-refractivity contribution in [3.8, 4) is 5.75 Å². The van der Waals surface area contributed by atoms with Gasteiger partial charge in [-0.15, -0.1) is 0 Å². The van der Waals surface area contributed by atoms with Gasteiger partial charge in [-0.1, -0.05) is 36.7 Å². The van der Waals surface area contributed by atoms with E-state index >= 15 is 0 Å². The van der Waals surface area contributed by atoms with Crippen LogP contribution >= 0.6 is 11.8 Å². The molecule has 3 aromatic rings. The maximum Gasteiger partial charge on any atom is 0.387 e. The molecule has 0 bridgehead atoms. The molecule has 0 saturated heterocycles. The van der Waals surface area contributed by atoms with Crippen molar-refractivity contribution in [3.05, 3.63) is 64.4 Å². The zero-order valence-corrected chi connectivity index (χ0v) is 18.3. The summed E-state index contributed by atoms with van der Waals surface area (Å²) in [6, 6.07) is 12.1. The zero-order chi connectivity index (χ0) is 23.4. The fourth-order valence-corrected chi connectivity index (χ4v) is 4.73. The van der Waals surface area contributed by atoms with Crippen molar-refractivity contribution < 1.29 is 23.1 Å². The fraction of sp³-hybridized carbons (Fsp3) is 0.304. The maximum absolute atomic E-state index is 13.1. The van der Waals surface area contributed by atoms with Gasteiger partial charge in [0.25, 0.3) is 11.5 Å². The molecule has 1 N–H and O–H groups in total. The Kier molecular flexibility index (Phi) is 7.02. The van der Waals surface area contributed by atoms with Gasteiger partial charge >= 0.3 is 6.61 Å². The van der Waals surface area contributed by atoms with Gasteiger partial charge in [-0.3, -0.25) is 24.3 Å². The van der Waals surface area contributed by atoms with E-state index in [9.17, 15) is 23.2 Å². The van der Waals surface area contributed by atoms with E-state index in [4.69, 9.17) is 0 Å². The number of fused-ring (bicyclic) bond motifs is 1. The summed E-state index contributed by atoms with van der Waals surface area (Å²) in [7, 11) is 0. The van der Waals surface area contributed by atoms with Crippen LogP contribution in [0, 0.1) is 0 Å². The maximum atomic E-state index is 13.1. The first-order chi connectivity index (χ1) is 15.9. The fourth-order valence-electron chi connectivity index (χ4n) is 3.86. The minimum absolute atomic E-state index is 0.0378. The molecular formula is C23H21F2N3O4S. The Hall–Kier alpha value is -3.27. The number of alkyl halides is 2. The average Bonchev–Trinajstić information content (AvgIpc) is 3.32. The van der Waals surface area contributed by atoms with Gasteiger partial charge in [-0.25, -0.2) is 4.98 Å². The van der Waals surface area contributed by atoms with Crippen LogP contribution in [-0.4, -0.2) is 33.7 Å². The molecule has 7 nitrogen and oxygen atoms in total. The highest BCUT2D eigenvalue weighted by Crippen LogP contribution is 2.32. The first kappa shape index (κ1) is 22.9. The molecule has 0 aliphatic heterocycles. The van der Waals surface area contributed by atoms with Crippen molar-refractivity contribution in [3.63, 3.8) is 0 Å². The molecular weight excluding hydrogens is 452 g/mol. The molecule has 1 saturated carbocycles. The molecule has 4 rings (SSSR count). The number of hydrogen-bond donors (Lipinski definition) is 1. The second kappa shape index (κ2) is 10.1.